The molecule has 1 amide bonds. The fourth-order valence-corrected chi connectivity index (χ4v) is 3.74. The van der Waals surface area contributed by atoms with Crippen molar-refractivity contribution >= 4 is 41.2 Å². The molecule has 0 fully saturated rings. The molecular formula is C21H19ClN4O3S. The molecule has 0 aliphatic rings. The maximum absolute atomic E-state index is 12.0. The number of hydrogen-bond donors (Lipinski definition) is 1. The summed E-state index contributed by atoms with van der Waals surface area (Å²) in [5.74, 6) is 0.0243. The van der Waals surface area contributed by atoms with Gasteiger partial charge in [0.05, 0.1) is 16.9 Å². The Bertz CT molecular complexity index is 1090. The third kappa shape index (κ3) is 5.28. The van der Waals surface area contributed by atoms with E-state index in [1.54, 1.807) is 30.5 Å². The Kier molecular flexibility index (Phi) is 6.91. The van der Waals surface area contributed by atoms with E-state index < -0.39 is 4.92 Å². The summed E-state index contributed by atoms with van der Waals surface area (Å²) in [7, 11) is 0. The molecule has 30 heavy (non-hydrogen) atoms. The van der Waals surface area contributed by atoms with Crippen LogP contribution in [-0.4, -0.2) is 27.4 Å². The number of nitro benzene ring substituents is 1. The highest BCUT2D eigenvalue weighted by molar-refractivity contribution is 8.00. The summed E-state index contributed by atoms with van der Waals surface area (Å²) in [6.07, 6.45) is 1.59. The van der Waals surface area contributed by atoms with Gasteiger partial charge in [0.25, 0.3) is 5.69 Å². The van der Waals surface area contributed by atoms with Crippen molar-refractivity contribution in [1.29, 1.82) is 0 Å². The smallest absolute Gasteiger partial charge is 0.269 e. The summed E-state index contributed by atoms with van der Waals surface area (Å²) in [5, 5.41) is 15.5. The maximum atomic E-state index is 12.0. The van der Waals surface area contributed by atoms with Crippen molar-refractivity contribution in [1.82, 2.24) is 9.99 Å². The van der Waals surface area contributed by atoms with Crippen LogP contribution in [0, 0.1) is 24.0 Å². The first-order valence-corrected chi connectivity index (χ1v) is 10.4. The predicted molar refractivity (Wildman–Crippen MR) is 120 cm³/mol. The number of aryl methyl sites for hydroxylation is 1. The van der Waals surface area contributed by atoms with E-state index in [0.717, 1.165) is 27.5 Å². The van der Waals surface area contributed by atoms with Crippen molar-refractivity contribution < 1.29 is 9.72 Å². The number of amides is 1. The molecule has 1 N–H and O–H groups in total. The van der Waals surface area contributed by atoms with Crippen LogP contribution in [0.1, 0.15) is 17.0 Å². The summed E-state index contributed by atoms with van der Waals surface area (Å²) >= 11 is 7.25. The van der Waals surface area contributed by atoms with Gasteiger partial charge in [0.1, 0.15) is 0 Å². The maximum Gasteiger partial charge on any atom is 0.269 e. The first-order valence-electron chi connectivity index (χ1n) is 8.99. The lowest BCUT2D eigenvalue weighted by atomic mass is 10.2. The van der Waals surface area contributed by atoms with Gasteiger partial charge >= 0.3 is 0 Å². The summed E-state index contributed by atoms with van der Waals surface area (Å²) in [5.41, 5.74) is 6.10. The van der Waals surface area contributed by atoms with E-state index in [4.69, 9.17) is 11.6 Å². The van der Waals surface area contributed by atoms with Crippen LogP contribution in [0.2, 0.25) is 5.02 Å². The molecule has 3 rings (SSSR count). The van der Waals surface area contributed by atoms with Crippen molar-refractivity contribution in [3.05, 3.63) is 86.7 Å². The average Bonchev–Trinajstić information content (AvgIpc) is 3.01. The molecule has 2 aromatic carbocycles. The molecule has 3 aromatic rings. The first kappa shape index (κ1) is 21.6. The number of benzene rings is 2. The van der Waals surface area contributed by atoms with Crippen molar-refractivity contribution in [3.8, 4) is 5.69 Å². The second-order valence-electron chi connectivity index (χ2n) is 6.47. The SMILES string of the molecule is Cc1cc(/C=N/NC(=O)CSc2ccc(Cl)cc2)c(C)n1-c1ccc([N+](=O)[O-])cc1. The van der Waals surface area contributed by atoms with Crippen LogP contribution in [0.3, 0.4) is 0 Å². The van der Waals surface area contributed by atoms with Crippen LogP contribution in [0.5, 0.6) is 0 Å². The van der Waals surface area contributed by atoms with Gasteiger partial charge in [-0.25, -0.2) is 5.43 Å². The van der Waals surface area contributed by atoms with Gasteiger partial charge in [0.15, 0.2) is 0 Å². The lowest BCUT2D eigenvalue weighted by Crippen LogP contribution is -2.19. The zero-order valence-electron chi connectivity index (χ0n) is 16.3. The Balaban J connectivity index is 1.63. The molecule has 9 heteroatoms. The summed E-state index contributed by atoms with van der Waals surface area (Å²) < 4.78 is 1.98. The highest BCUT2D eigenvalue weighted by Gasteiger charge is 2.11. The van der Waals surface area contributed by atoms with E-state index in [0.29, 0.717) is 5.02 Å². The van der Waals surface area contributed by atoms with Gasteiger partial charge in [-0.05, 0) is 56.3 Å². The number of rotatable bonds is 7. The lowest BCUT2D eigenvalue weighted by Gasteiger charge is -2.09. The fraction of sp³-hybridized carbons (Fsp3) is 0.143. The normalized spacial score (nSPS) is 11.0. The minimum absolute atomic E-state index is 0.0437. The standard InChI is InChI=1S/C21H19ClN4O3S/c1-14-11-16(15(2)25(14)18-5-7-19(8-6-18)26(28)29)12-23-24-21(27)13-30-20-9-3-17(22)4-10-20/h3-12H,13H2,1-2H3,(H,24,27)/b23-12+. The van der Waals surface area contributed by atoms with E-state index in [9.17, 15) is 14.9 Å². The monoisotopic (exact) mass is 442 g/mol. The minimum Gasteiger partial charge on any atom is -0.318 e. The van der Waals surface area contributed by atoms with Crippen molar-refractivity contribution in [3.63, 3.8) is 0 Å². The Morgan fingerprint density at radius 2 is 1.87 bits per heavy atom. The van der Waals surface area contributed by atoms with Crippen LogP contribution in [0.4, 0.5) is 5.69 Å². The fourth-order valence-electron chi connectivity index (χ4n) is 2.92. The number of nitro groups is 1. The van der Waals surface area contributed by atoms with E-state index in [1.807, 2.05) is 36.6 Å². The number of thioether (sulfide) groups is 1. The summed E-state index contributed by atoms with van der Waals surface area (Å²) in [4.78, 5) is 23.4. The van der Waals surface area contributed by atoms with Crippen LogP contribution < -0.4 is 5.43 Å². The largest absolute Gasteiger partial charge is 0.318 e. The number of hydrazone groups is 1. The Labute approximate surface area is 182 Å². The van der Waals surface area contributed by atoms with Crippen molar-refractivity contribution in [2.75, 3.05) is 5.75 Å². The molecule has 1 heterocycles. The summed E-state index contributed by atoms with van der Waals surface area (Å²) in [6, 6.07) is 15.6. The number of carbonyl (C=O) groups is 1. The highest BCUT2D eigenvalue weighted by atomic mass is 35.5. The quantitative estimate of drug-likeness (QED) is 0.244. The number of hydrogen-bond acceptors (Lipinski definition) is 5. The number of carbonyl (C=O) groups excluding carboxylic acids is 1. The lowest BCUT2D eigenvalue weighted by molar-refractivity contribution is -0.384. The van der Waals surface area contributed by atoms with Crippen LogP contribution in [-0.2, 0) is 4.79 Å². The van der Waals surface area contributed by atoms with Gasteiger partial charge in [-0.3, -0.25) is 14.9 Å². The third-order valence-electron chi connectivity index (χ3n) is 4.37. The Hall–Kier alpha value is -3.10. The number of aromatic nitrogens is 1. The summed E-state index contributed by atoms with van der Waals surface area (Å²) in [6.45, 7) is 3.86. The van der Waals surface area contributed by atoms with Gasteiger partial charge < -0.3 is 4.57 Å². The van der Waals surface area contributed by atoms with E-state index in [2.05, 4.69) is 10.5 Å². The molecule has 0 aliphatic heterocycles. The van der Waals surface area contributed by atoms with Crippen molar-refractivity contribution in [2.24, 2.45) is 5.10 Å². The van der Waals surface area contributed by atoms with E-state index in [1.165, 1.54) is 23.9 Å². The van der Waals surface area contributed by atoms with Gasteiger partial charge in [-0.2, -0.15) is 5.10 Å². The number of nitrogens with zero attached hydrogens (tertiary/aromatic N) is 3. The average molecular weight is 443 g/mol. The van der Waals surface area contributed by atoms with Gasteiger partial charge in [0.2, 0.25) is 5.91 Å². The molecule has 0 radical (unpaired) electrons. The van der Waals surface area contributed by atoms with Crippen LogP contribution in [0.15, 0.2) is 64.6 Å². The molecule has 0 atom stereocenters. The number of nitrogens with one attached hydrogen (secondary N) is 1. The molecule has 0 saturated heterocycles. The highest BCUT2D eigenvalue weighted by Crippen LogP contribution is 2.22. The second kappa shape index (κ2) is 9.60. The Morgan fingerprint density at radius 1 is 1.20 bits per heavy atom. The number of halogens is 1. The Morgan fingerprint density at radius 3 is 2.50 bits per heavy atom. The first-order chi connectivity index (χ1) is 14.3. The molecule has 0 bridgehead atoms. The second-order valence-corrected chi connectivity index (χ2v) is 7.96. The topological polar surface area (TPSA) is 89.5 Å². The molecular weight excluding hydrogens is 424 g/mol. The van der Waals surface area contributed by atoms with Crippen LogP contribution >= 0.6 is 23.4 Å². The molecule has 1 aromatic heterocycles. The third-order valence-corrected chi connectivity index (χ3v) is 5.63. The van der Waals surface area contributed by atoms with Gasteiger partial charge in [0, 0.05) is 44.7 Å². The molecule has 154 valence electrons. The molecule has 0 spiro atoms. The van der Waals surface area contributed by atoms with Gasteiger partial charge in [-0.15, -0.1) is 11.8 Å². The molecule has 0 aliphatic carbocycles. The van der Waals surface area contributed by atoms with E-state index >= 15 is 0 Å². The molecule has 7 nitrogen and oxygen atoms in total. The molecule has 0 unspecified atom stereocenters. The van der Waals surface area contributed by atoms with Crippen LogP contribution in [0.25, 0.3) is 5.69 Å². The number of non-ortho nitro benzene ring substituents is 1. The minimum atomic E-state index is -0.425. The zero-order valence-corrected chi connectivity index (χ0v) is 17.9. The molecule has 0 saturated carbocycles. The predicted octanol–water partition coefficient (Wildman–Crippen LogP) is 4.90. The van der Waals surface area contributed by atoms with E-state index in [-0.39, 0.29) is 17.3 Å². The van der Waals surface area contributed by atoms with Crippen molar-refractivity contribution in [2.45, 2.75) is 18.7 Å². The van der Waals surface area contributed by atoms with Gasteiger partial charge in [-0.1, -0.05) is 11.6 Å². The zero-order chi connectivity index (χ0) is 21.7.